The maximum absolute atomic E-state index is 13.2. The summed E-state index contributed by atoms with van der Waals surface area (Å²) in [5.41, 5.74) is 5.47. The molecule has 0 atom stereocenters. The number of fused-ring (bicyclic) bond motifs is 2. The first-order valence-corrected chi connectivity index (χ1v) is 10.0. The SMILES string of the molecule is Cc1nc2ccccn2c1C(=O)N1CCN(c2ccc3c(c2)CCC(=O)N3)CC1. The molecular weight excluding hydrogens is 366 g/mol. The third-order valence-electron chi connectivity index (χ3n) is 5.82. The summed E-state index contributed by atoms with van der Waals surface area (Å²) in [6.07, 6.45) is 3.21. The number of rotatable bonds is 2. The molecule has 7 heteroatoms. The molecule has 2 aliphatic rings. The van der Waals surface area contributed by atoms with E-state index in [-0.39, 0.29) is 11.8 Å². The first kappa shape index (κ1) is 17.7. The minimum absolute atomic E-state index is 0.0361. The van der Waals surface area contributed by atoms with Gasteiger partial charge in [-0.15, -0.1) is 0 Å². The van der Waals surface area contributed by atoms with Crippen molar-refractivity contribution in [3.8, 4) is 0 Å². The molecule has 2 aromatic heterocycles. The molecule has 0 bridgehead atoms. The van der Waals surface area contributed by atoms with Crippen molar-refractivity contribution in [3.63, 3.8) is 0 Å². The standard InChI is InChI=1S/C22H23N5O2/c1-15-21(27-9-3-2-4-19(27)23-15)22(29)26-12-10-25(11-13-26)17-6-7-18-16(14-17)5-8-20(28)24-18/h2-4,6-7,9,14H,5,8,10-13H2,1H3,(H,24,28). The number of hydrogen-bond donors (Lipinski definition) is 1. The van der Waals surface area contributed by atoms with E-state index in [4.69, 9.17) is 0 Å². The van der Waals surface area contributed by atoms with Gasteiger partial charge in [0.15, 0.2) is 0 Å². The molecule has 0 aliphatic carbocycles. The minimum atomic E-state index is 0.0361. The lowest BCUT2D eigenvalue weighted by Gasteiger charge is -2.36. The Morgan fingerprint density at radius 3 is 2.72 bits per heavy atom. The molecule has 4 heterocycles. The maximum atomic E-state index is 13.2. The summed E-state index contributed by atoms with van der Waals surface area (Å²) in [4.78, 5) is 33.5. The summed E-state index contributed by atoms with van der Waals surface area (Å²) < 4.78 is 1.88. The molecule has 1 N–H and O–H groups in total. The van der Waals surface area contributed by atoms with Gasteiger partial charge in [0.1, 0.15) is 11.3 Å². The lowest BCUT2D eigenvalue weighted by atomic mass is 10.0. The topological polar surface area (TPSA) is 70.0 Å². The number of carbonyl (C=O) groups is 2. The number of nitrogens with zero attached hydrogens (tertiary/aromatic N) is 4. The van der Waals surface area contributed by atoms with Crippen LogP contribution in [0.2, 0.25) is 0 Å². The number of anilines is 2. The summed E-state index contributed by atoms with van der Waals surface area (Å²) in [5.74, 6) is 0.120. The molecule has 0 spiro atoms. The van der Waals surface area contributed by atoms with Crippen molar-refractivity contribution < 1.29 is 9.59 Å². The van der Waals surface area contributed by atoms with Gasteiger partial charge in [-0.05, 0) is 49.2 Å². The van der Waals surface area contributed by atoms with E-state index in [0.717, 1.165) is 42.2 Å². The smallest absolute Gasteiger partial charge is 0.272 e. The Kier molecular flexibility index (Phi) is 4.23. The Morgan fingerprint density at radius 1 is 1.07 bits per heavy atom. The number of amides is 2. The lowest BCUT2D eigenvalue weighted by Crippen LogP contribution is -2.49. The molecule has 3 aromatic rings. The Balaban J connectivity index is 1.31. The van der Waals surface area contributed by atoms with E-state index in [2.05, 4.69) is 27.3 Å². The lowest BCUT2D eigenvalue weighted by molar-refractivity contribution is -0.116. The first-order valence-electron chi connectivity index (χ1n) is 10.0. The van der Waals surface area contributed by atoms with Gasteiger partial charge in [0.25, 0.3) is 5.91 Å². The molecule has 2 aliphatic heterocycles. The molecule has 1 fully saturated rings. The van der Waals surface area contributed by atoms with Crippen molar-refractivity contribution in [2.75, 3.05) is 36.4 Å². The van der Waals surface area contributed by atoms with Gasteiger partial charge in [-0.1, -0.05) is 6.07 Å². The number of carbonyl (C=O) groups excluding carboxylic acids is 2. The predicted molar refractivity (Wildman–Crippen MR) is 111 cm³/mol. The predicted octanol–water partition coefficient (Wildman–Crippen LogP) is 2.49. The highest BCUT2D eigenvalue weighted by atomic mass is 16.2. The number of aryl methyl sites for hydroxylation is 2. The fourth-order valence-electron chi connectivity index (χ4n) is 4.26. The van der Waals surface area contributed by atoms with Crippen molar-refractivity contribution >= 4 is 28.8 Å². The number of pyridine rings is 1. The van der Waals surface area contributed by atoms with Crippen molar-refractivity contribution in [2.24, 2.45) is 0 Å². The van der Waals surface area contributed by atoms with Crippen LogP contribution in [0.4, 0.5) is 11.4 Å². The van der Waals surface area contributed by atoms with Crippen molar-refractivity contribution in [3.05, 3.63) is 59.5 Å². The van der Waals surface area contributed by atoms with Crippen molar-refractivity contribution in [1.82, 2.24) is 14.3 Å². The number of hydrogen-bond acceptors (Lipinski definition) is 4. The second kappa shape index (κ2) is 6.92. The number of aromatic nitrogens is 2. The summed E-state index contributed by atoms with van der Waals surface area (Å²) in [6.45, 7) is 4.81. The van der Waals surface area contributed by atoms with Crippen molar-refractivity contribution in [2.45, 2.75) is 19.8 Å². The molecule has 1 aromatic carbocycles. The number of imidazole rings is 1. The van der Waals surface area contributed by atoms with Gasteiger partial charge < -0.3 is 15.1 Å². The summed E-state index contributed by atoms with van der Waals surface area (Å²) >= 11 is 0. The number of benzene rings is 1. The van der Waals surface area contributed by atoms with Crippen molar-refractivity contribution in [1.29, 1.82) is 0 Å². The van der Waals surface area contributed by atoms with E-state index in [1.54, 1.807) is 0 Å². The van der Waals surface area contributed by atoms with Crippen LogP contribution in [0.25, 0.3) is 5.65 Å². The van der Waals surface area contributed by atoms with Crippen LogP contribution < -0.4 is 10.2 Å². The van der Waals surface area contributed by atoms with Crippen LogP contribution in [0.5, 0.6) is 0 Å². The van der Waals surface area contributed by atoms with Crippen LogP contribution in [-0.2, 0) is 11.2 Å². The monoisotopic (exact) mass is 389 g/mol. The van der Waals surface area contributed by atoms with E-state index in [9.17, 15) is 9.59 Å². The van der Waals surface area contributed by atoms with Crippen LogP contribution in [-0.4, -0.2) is 52.3 Å². The van der Waals surface area contributed by atoms with Gasteiger partial charge in [-0.25, -0.2) is 4.98 Å². The molecular formula is C22H23N5O2. The zero-order valence-corrected chi connectivity index (χ0v) is 16.4. The molecule has 0 saturated carbocycles. The van der Waals surface area contributed by atoms with E-state index in [0.29, 0.717) is 25.2 Å². The quantitative estimate of drug-likeness (QED) is 0.731. The third kappa shape index (κ3) is 3.12. The maximum Gasteiger partial charge on any atom is 0.272 e. The van der Waals surface area contributed by atoms with Crippen LogP contribution in [0.3, 0.4) is 0 Å². The second-order valence-electron chi connectivity index (χ2n) is 7.64. The Labute approximate surface area is 168 Å². The van der Waals surface area contributed by atoms with E-state index in [1.807, 2.05) is 46.7 Å². The molecule has 148 valence electrons. The van der Waals surface area contributed by atoms with Crippen LogP contribution >= 0.6 is 0 Å². The largest absolute Gasteiger partial charge is 0.368 e. The Bertz CT molecular complexity index is 1110. The van der Waals surface area contributed by atoms with Gasteiger partial charge in [-0.2, -0.15) is 0 Å². The zero-order valence-electron chi connectivity index (χ0n) is 16.4. The third-order valence-corrected chi connectivity index (χ3v) is 5.82. The second-order valence-corrected chi connectivity index (χ2v) is 7.64. The van der Waals surface area contributed by atoms with E-state index < -0.39 is 0 Å². The molecule has 29 heavy (non-hydrogen) atoms. The summed E-state index contributed by atoms with van der Waals surface area (Å²) in [5, 5.41) is 2.93. The zero-order chi connectivity index (χ0) is 20.0. The van der Waals surface area contributed by atoms with E-state index in [1.165, 1.54) is 5.56 Å². The highest BCUT2D eigenvalue weighted by Crippen LogP contribution is 2.28. The van der Waals surface area contributed by atoms with Gasteiger partial charge in [-0.3, -0.25) is 14.0 Å². The van der Waals surface area contributed by atoms with Gasteiger partial charge in [0, 0.05) is 50.2 Å². The highest BCUT2D eigenvalue weighted by Gasteiger charge is 2.26. The molecule has 5 rings (SSSR count). The fourth-order valence-corrected chi connectivity index (χ4v) is 4.26. The summed E-state index contributed by atoms with van der Waals surface area (Å²) in [7, 11) is 0. The van der Waals surface area contributed by atoms with Gasteiger partial charge in [0.05, 0.1) is 5.69 Å². The van der Waals surface area contributed by atoms with Gasteiger partial charge in [0.2, 0.25) is 5.91 Å². The molecule has 7 nitrogen and oxygen atoms in total. The van der Waals surface area contributed by atoms with Crippen LogP contribution in [0.15, 0.2) is 42.6 Å². The molecule has 0 radical (unpaired) electrons. The normalized spacial score (nSPS) is 16.7. The van der Waals surface area contributed by atoms with E-state index >= 15 is 0 Å². The van der Waals surface area contributed by atoms with Crippen LogP contribution in [0, 0.1) is 6.92 Å². The molecule has 1 saturated heterocycles. The van der Waals surface area contributed by atoms with Gasteiger partial charge >= 0.3 is 0 Å². The highest BCUT2D eigenvalue weighted by molar-refractivity contribution is 5.95. The molecule has 2 amide bonds. The number of nitrogens with one attached hydrogen (secondary N) is 1. The summed E-state index contributed by atoms with van der Waals surface area (Å²) in [6, 6.07) is 12.0. The Hall–Kier alpha value is -3.35. The average molecular weight is 389 g/mol. The average Bonchev–Trinajstić information content (AvgIpc) is 3.08. The fraction of sp³-hybridized carbons (Fsp3) is 0.318. The molecule has 0 unspecified atom stereocenters. The Morgan fingerprint density at radius 2 is 1.90 bits per heavy atom. The minimum Gasteiger partial charge on any atom is -0.368 e. The first-order chi connectivity index (χ1) is 14.1. The number of piperazine rings is 1. The van der Waals surface area contributed by atoms with Crippen LogP contribution in [0.1, 0.15) is 28.2 Å².